The summed E-state index contributed by atoms with van der Waals surface area (Å²) in [6.07, 6.45) is 0. The van der Waals surface area contributed by atoms with E-state index < -0.39 is 4.17 Å². The van der Waals surface area contributed by atoms with Crippen molar-refractivity contribution in [3.63, 3.8) is 0 Å². The first-order valence-corrected chi connectivity index (χ1v) is 6.32. The van der Waals surface area contributed by atoms with Crippen molar-refractivity contribution in [2.24, 2.45) is 0 Å². The number of rotatable bonds is 2. The number of amides is 1. The van der Waals surface area contributed by atoms with Crippen molar-refractivity contribution in [3.05, 3.63) is 29.8 Å². The van der Waals surface area contributed by atoms with E-state index in [1.165, 1.54) is 3.71 Å². The lowest BCUT2D eigenvalue weighted by molar-refractivity contribution is 0.0923. The summed E-state index contributed by atoms with van der Waals surface area (Å²) in [4.78, 5) is 11.8. The molecule has 0 unspecified atom stereocenters. The van der Waals surface area contributed by atoms with E-state index in [1.54, 1.807) is 24.3 Å². The average Bonchev–Trinajstić information content (AvgIpc) is 2.22. The SMILES string of the molecule is O=C1c2ccccc2OSN1SC(Cl)Cl. The molecule has 1 aliphatic rings. The van der Waals surface area contributed by atoms with Gasteiger partial charge in [0.15, 0.2) is 22.1 Å². The topological polar surface area (TPSA) is 29.5 Å². The predicted molar refractivity (Wildman–Crippen MR) is 63.9 cm³/mol. The molecule has 3 nitrogen and oxygen atoms in total. The van der Waals surface area contributed by atoms with E-state index >= 15 is 0 Å². The van der Waals surface area contributed by atoms with Gasteiger partial charge in [0.25, 0.3) is 5.91 Å². The van der Waals surface area contributed by atoms with Crippen LogP contribution in [0.5, 0.6) is 5.75 Å². The number of fused-ring (bicyclic) bond motifs is 1. The van der Waals surface area contributed by atoms with E-state index in [0.29, 0.717) is 11.3 Å². The van der Waals surface area contributed by atoms with Crippen molar-refractivity contribution < 1.29 is 8.98 Å². The number of alkyl halides is 2. The van der Waals surface area contributed by atoms with Crippen LogP contribution in [0.4, 0.5) is 0 Å². The minimum atomic E-state index is -0.699. The fraction of sp³-hybridized carbons (Fsp3) is 0.125. The molecular weight excluding hydrogens is 277 g/mol. The molecule has 0 aliphatic carbocycles. The van der Waals surface area contributed by atoms with Gasteiger partial charge in [0.05, 0.1) is 5.56 Å². The van der Waals surface area contributed by atoms with Gasteiger partial charge in [-0.1, -0.05) is 35.3 Å². The Bertz CT molecular complexity index is 389. The van der Waals surface area contributed by atoms with Crippen LogP contribution in [0.2, 0.25) is 0 Å². The first kappa shape index (κ1) is 11.3. The third-order valence-electron chi connectivity index (χ3n) is 1.65. The largest absolute Gasteiger partial charge is 0.404 e. The zero-order chi connectivity index (χ0) is 10.8. The van der Waals surface area contributed by atoms with Crippen LogP contribution in [0.3, 0.4) is 0 Å². The number of hydrogen-bond acceptors (Lipinski definition) is 4. The van der Waals surface area contributed by atoms with Crippen LogP contribution in [0, 0.1) is 0 Å². The quantitative estimate of drug-likeness (QED) is 0.472. The van der Waals surface area contributed by atoms with Crippen LogP contribution >= 0.6 is 47.4 Å². The molecule has 1 amide bonds. The highest BCUT2D eigenvalue weighted by Gasteiger charge is 2.29. The number of halogens is 2. The molecule has 7 heteroatoms. The van der Waals surface area contributed by atoms with Crippen molar-refractivity contribution in [2.45, 2.75) is 4.17 Å². The van der Waals surface area contributed by atoms with Gasteiger partial charge in [-0.2, -0.15) is 3.71 Å². The molecule has 0 atom stereocenters. The summed E-state index contributed by atoms with van der Waals surface area (Å²) in [7, 11) is 0. The lowest BCUT2D eigenvalue weighted by Gasteiger charge is -2.24. The standard InChI is InChI=1S/C8H5Cl2NO2S2/c9-8(10)14-11-7(12)5-3-1-2-4-6(5)13-15-11/h1-4,8H. The van der Waals surface area contributed by atoms with E-state index in [0.717, 1.165) is 24.2 Å². The highest BCUT2D eigenvalue weighted by Crippen LogP contribution is 2.39. The highest BCUT2D eigenvalue weighted by atomic mass is 35.5. The van der Waals surface area contributed by atoms with Gasteiger partial charge >= 0.3 is 0 Å². The maximum atomic E-state index is 11.8. The minimum Gasteiger partial charge on any atom is -0.404 e. The summed E-state index contributed by atoms with van der Waals surface area (Å²) >= 11 is 13.1. The van der Waals surface area contributed by atoms with Crippen molar-refractivity contribution in [1.82, 2.24) is 3.71 Å². The van der Waals surface area contributed by atoms with Crippen molar-refractivity contribution in [1.29, 1.82) is 0 Å². The predicted octanol–water partition coefficient (Wildman–Crippen LogP) is 3.49. The number of carbonyl (C=O) groups is 1. The van der Waals surface area contributed by atoms with Crippen LogP contribution in [0.1, 0.15) is 10.4 Å². The van der Waals surface area contributed by atoms with Gasteiger partial charge in [-0.05, 0) is 12.1 Å². The Labute approximate surface area is 106 Å². The molecular formula is C8H5Cl2NO2S2. The van der Waals surface area contributed by atoms with E-state index in [-0.39, 0.29) is 5.91 Å². The molecule has 1 aromatic rings. The second kappa shape index (κ2) is 4.74. The molecule has 0 radical (unpaired) electrons. The minimum absolute atomic E-state index is 0.168. The number of benzene rings is 1. The van der Waals surface area contributed by atoms with Crippen LogP contribution in [-0.2, 0) is 0 Å². The normalized spacial score (nSPS) is 15.1. The molecule has 1 aliphatic heterocycles. The number of para-hydroxylation sites is 1. The first-order valence-electron chi connectivity index (χ1n) is 3.91. The van der Waals surface area contributed by atoms with E-state index in [1.807, 2.05) is 0 Å². The van der Waals surface area contributed by atoms with Gasteiger partial charge in [0.2, 0.25) is 0 Å². The first-order chi connectivity index (χ1) is 7.18. The van der Waals surface area contributed by atoms with Gasteiger partial charge in [0.1, 0.15) is 0 Å². The Kier molecular flexibility index (Phi) is 3.56. The van der Waals surface area contributed by atoms with Gasteiger partial charge in [-0.3, -0.25) is 4.79 Å². The van der Waals surface area contributed by atoms with Crippen LogP contribution in [0.15, 0.2) is 24.3 Å². The Hall–Kier alpha value is -0.230. The van der Waals surface area contributed by atoms with Crippen molar-refractivity contribution in [2.75, 3.05) is 0 Å². The average molecular weight is 282 g/mol. The maximum Gasteiger partial charge on any atom is 0.280 e. The summed E-state index contributed by atoms with van der Waals surface area (Å²) < 4.78 is 5.90. The summed E-state index contributed by atoms with van der Waals surface area (Å²) in [6, 6.07) is 7.02. The van der Waals surface area contributed by atoms with Gasteiger partial charge in [-0.15, -0.1) is 0 Å². The number of nitrogens with zero attached hydrogens (tertiary/aromatic N) is 1. The molecule has 0 bridgehead atoms. The highest BCUT2D eigenvalue weighted by molar-refractivity contribution is 8.12. The van der Waals surface area contributed by atoms with Crippen LogP contribution < -0.4 is 4.18 Å². The van der Waals surface area contributed by atoms with Gasteiger partial charge in [0, 0.05) is 11.9 Å². The van der Waals surface area contributed by atoms with Crippen LogP contribution in [-0.4, -0.2) is 13.8 Å². The molecule has 0 aromatic heterocycles. The fourth-order valence-corrected chi connectivity index (χ4v) is 3.11. The third-order valence-corrected chi connectivity index (χ3v) is 3.64. The Balaban J connectivity index is 2.22. The van der Waals surface area contributed by atoms with Gasteiger partial charge in [-0.25, -0.2) is 0 Å². The molecule has 1 heterocycles. The second-order valence-corrected chi connectivity index (χ2v) is 6.16. The summed E-state index contributed by atoms with van der Waals surface area (Å²) in [6.45, 7) is 0. The lowest BCUT2D eigenvalue weighted by atomic mass is 10.2. The monoisotopic (exact) mass is 281 g/mol. The zero-order valence-corrected chi connectivity index (χ0v) is 10.4. The molecule has 0 saturated carbocycles. The maximum absolute atomic E-state index is 11.8. The fourth-order valence-electron chi connectivity index (χ4n) is 1.06. The second-order valence-electron chi connectivity index (χ2n) is 2.58. The third kappa shape index (κ3) is 2.47. The lowest BCUT2D eigenvalue weighted by Crippen LogP contribution is -2.24. The molecule has 0 spiro atoms. The van der Waals surface area contributed by atoms with E-state index in [9.17, 15) is 4.79 Å². The smallest absolute Gasteiger partial charge is 0.280 e. The number of hydrogen-bond donors (Lipinski definition) is 0. The van der Waals surface area contributed by atoms with E-state index in [2.05, 4.69) is 0 Å². The molecule has 0 N–H and O–H groups in total. The molecule has 0 saturated heterocycles. The molecule has 1 aromatic carbocycles. The Morgan fingerprint density at radius 2 is 2.13 bits per heavy atom. The molecule has 15 heavy (non-hydrogen) atoms. The molecule has 2 rings (SSSR count). The summed E-state index contributed by atoms with van der Waals surface area (Å²) in [5, 5.41) is 0. The summed E-state index contributed by atoms with van der Waals surface area (Å²) in [5.74, 6) is 0.392. The van der Waals surface area contributed by atoms with Crippen molar-refractivity contribution >= 4 is 53.3 Å². The van der Waals surface area contributed by atoms with Crippen molar-refractivity contribution in [3.8, 4) is 5.75 Å². The van der Waals surface area contributed by atoms with Crippen LogP contribution in [0.25, 0.3) is 0 Å². The Morgan fingerprint density at radius 3 is 2.87 bits per heavy atom. The van der Waals surface area contributed by atoms with Gasteiger partial charge < -0.3 is 4.18 Å². The molecule has 80 valence electrons. The molecule has 0 fully saturated rings. The Morgan fingerprint density at radius 1 is 1.40 bits per heavy atom. The summed E-state index contributed by atoms with van der Waals surface area (Å²) in [5.41, 5.74) is 0.512. The van der Waals surface area contributed by atoms with E-state index in [4.69, 9.17) is 27.4 Å². The number of carbonyl (C=O) groups excluding carboxylic acids is 1. The zero-order valence-electron chi connectivity index (χ0n) is 7.22.